The van der Waals surface area contributed by atoms with Crippen LogP contribution in [0.4, 0.5) is 0 Å². The molecule has 102 valence electrons. The summed E-state index contributed by atoms with van der Waals surface area (Å²) < 4.78 is 10.3. The Labute approximate surface area is 118 Å². The highest BCUT2D eigenvalue weighted by molar-refractivity contribution is 6.36. The fourth-order valence-corrected chi connectivity index (χ4v) is 2.74. The van der Waals surface area contributed by atoms with E-state index in [1.165, 1.54) is 0 Å². The van der Waals surface area contributed by atoms with Gasteiger partial charge in [0.15, 0.2) is 6.79 Å². The SMILES string of the molecule is COCOc1ccc2c(Cl)c(C(C)C)c(C)nc2c1. The average Bonchev–Trinajstić information content (AvgIpc) is 2.35. The molecule has 0 unspecified atom stereocenters. The zero-order chi connectivity index (χ0) is 14.0. The molecule has 0 saturated heterocycles. The third-order valence-corrected chi connectivity index (χ3v) is 3.45. The Kier molecular flexibility index (Phi) is 4.27. The maximum absolute atomic E-state index is 6.49. The van der Waals surface area contributed by atoms with E-state index < -0.39 is 0 Å². The van der Waals surface area contributed by atoms with Crippen molar-refractivity contribution >= 4 is 22.5 Å². The second-order valence-corrected chi connectivity index (χ2v) is 5.19. The number of halogens is 1. The van der Waals surface area contributed by atoms with E-state index in [0.717, 1.165) is 32.9 Å². The number of ether oxygens (including phenoxy) is 2. The van der Waals surface area contributed by atoms with Gasteiger partial charge in [-0.1, -0.05) is 25.4 Å². The van der Waals surface area contributed by atoms with Gasteiger partial charge in [-0.2, -0.15) is 0 Å². The molecule has 0 N–H and O–H groups in total. The van der Waals surface area contributed by atoms with Crippen LogP contribution in [0, 0.1) is 6.92 Å². The Balaban J connectivity index is 2.54. The van der Waals surface area contributed by atoms with E-state index in [1.54, 1.807) is 7.11 Å². The number of pyridine rings is 1. The summed E-state index contributed by atoms with van der Waals surface area (Å²) in [5, 5.41) is 1.75. The molecule has 19 heavy (non-hydrogen) atoms. The maximum atomic E-state index is 6.49. The number of nitrogens with zero attached hydrogens (tertiary/aromatic N) is 1. The van der Waals surface area contributed by atoms with Crippen LogP contribution in [0.2, 0.25) is 5.02 Å². The second kappa shape index (κ2) is 5.76. The van der Waals surface area contributed by atoms with Crippen LogP contribution in [0.15, 0.2) is 18.2 Å². The number of benzene rings is 1. The van der Waals surface area contributed by atoms with Crippen LogP contribution in [0.5, 0.6) is 5.75 Å². The number of hydrogen-bond acceptors (Lipinski definition) is 3. The van der Waals surface area contributed by atoms with Gasteiger partial charge in [0, 0.05) is 24.3 Å². The van der Waals surface area contributed by atoms with Crippen LogP contribution in [-0.4, -0.2) is 18.9 Å². The molecule has 0 aliphatic heterocycles. The fraction of sp³-hybridized carbons (Fsp3) is 0.400. The van der Waals surface area contributed by atoms with Gasteiger partial charge in [-0.05, 0) is 30.5 Å². The molecule has 0 atom stereocenters. The molecule has 3 nitrogen and oxygen atoms in total. The molecule has 0 saturated carbocycles. The molecule has 2 rings (SSSR count). The van der Waals surface area contributed by atoms with E-state index in [9.17, 15) is 0 Å². The van der Waals surface area contributed by atoms with E-state index >= 15 is 0 Å². The van der Waals surface area contributed by atoms with E-state index in [4.69, 9.17) is 21.1 Å². The quantitative estimate of drug-likeness (QED) is 0.782. The summed E-state index contributed by atoms with van der Waals surface area (Å²) in [5.41, 5.74) is 2.93. The van der Waals surface area contributed by atoms with Gasteiger partial charge in [0.2, 0.25) is 0 Å². The Morgan fingerprint density at radius 1 is 1.32 bits per heavy atom. The van der Waals surface area contributed by atoms with Crippen molar-refractivity contribution in [2.75, 3.05) is 13.9 Å². The molecular weight excluding hydrogens is 262 g/mol. The Bertz CT molecular complexity index is 596. The van der Waals surface area contributed by atoms with E-state index in [2.05, 4.69) is 18.8 Å². The van der Waals surface area contributed by atoms with Gasteiger partial charge < -0.3 is 9.47 Å². The summed E-state index contributed by atoms with van der Waals surface area (Å²) in [6.07, 6.45) is 0. The smallest absolute Gasteiger partial charge is 0.188 e. The minimum Gasteiger partial charge on any atom is -0.467 e. The molecule has 0 bridgehead atoms. The molecule has 0 spiro atoms. The Morgan fingerprint density at radius 3 is 2.68 bits per heavy atom. The lowest BCUT2D eigenvalue weighted by Gasteiger charge is -2.14. The molecule has 0 amide bonds. The summed E-state index contributed by atoms with van der Waals surface area (Å²) in [6.45, 7) is 6.46. The summed E-state index contributed by atoms with van der Waals surface area (Å²) in [6, 6.07) is 5.71. The molecule has 0 aliphatic carbocycles. The predicted octanol–water partition coefficient (Wildman–Crippen LogP) is 4.30. The molecule has 0 radical (unpaired) electrons. The van der Waals surface area contributed by atoms with Gasteiger partial charge in [-0.15, -0.1) is 0 Å². The first-order chi connectivity index (χ1) is 9.04. The number of aromatic nitrogens is 1. The molecule has 1 aromatic heterocycles. The lowest BCUT2D eigenvalue weighted by molar-refractivity contribution is 0.0512. The molecule has 4 heteroatoms. The molecule has 0 fully saturated rings. The number of hydrogen-bond donors (Lipinski definition) is 0. The number of fused-ring (bicyclic) bond motifs is 1. The highest BCUT2D eigenvalue weighted by Gasteiger charge is 2.14. The van der Waals surface area contributed by atoms with Crippen molar-refractivity contribution in [1.29, 1.82) is 0 Å². The average molecular weight is 280 g/mol. The third-order valence-electron chi connectivity index (χ3n) is 3.04. The molecule has 1 aromatic carbocycles. The molecular formula is C15H18ClNO2. The standard InChI is InChI=1S/C15H18ClNO2/c1-9(2)14-10(3)17-13-7-11(19-8-18-4)5-6-12(13)15(14)16/h5-7,9H,8H2,1-4H3. The highest BCUT2D eigenvalue weighted by Crippen LogP contribution is 2.34. The van der Waals surface area contributed by atoms with Crippen molar-refractivity contribution in [3.8, 4) is 5.75 Å². The summed E-state index contributed by atoms with van der Waals surface area (Å²) >= 11 is 6.49. The second-order valence-electron chi connectivity index (χ2n) is 4.81. The molecule has 0 aliphatic rings. The Hall–Kier alpha value is -1.32. The summed E-state index contributed by atoms with van der Waals surface area (Å²) in [5.74, 6) is 1.09. The zero-order valence-corrected chi connectivity index (χ0v) is 12.4. The van der Waals surface area contributed by atoms with Crippen LogP contribution in [0.3, 0.4) is 0 Å². The lowest BCUT2D eigenvalue weighted by atomic mass is 9.99. The van der Waals surface area contributed by atoms with Crippen molar-refractivity contribution in [1.82, 2.24) is 4.98 Å². The van der Waals surface area contributed by atoms with Crippen molar-refractivity contribution in [3.63, 3.8) is 0 Å². The van der Waals surface area contributed by atoms with E-state index in [0.29, 0.717) is 5.92 Å². The van der Waals surface area contributed by atoms with Crippen molar-refractivity contribution < 1.29 is 9.47 Å². The van der Waals surface area contributed by atoms with Crippen LogP contribution in [0.25, 0.3) is 10.9 Å². The van der Waals surface area contributed by atoms with Gasteiger partial charge >= 0.3 is 0 Å². The van der Waals surface area contributed by atoms with Crippen LogP contribution in [-0.2, 0) is 4.74 Å². The van der Waals surface area contributed by atoms with Crippen LogP contribution >= 0.6 is 11.6 Å². The van der Waals surface area contributed by atoms with Gasteiger partial charge in [-0.3, -0.25) is 4.98 Å². The number of rotatable bonds is 4. The minimum atomic E-state index is 0.225. The normalized spacial score (nSPS) is 11.3. The first-order valence-electron chi connectivity index (χ1n) is 6.26. The molecule has 1 heterocycles. The number of methoxy groups -OCH3 is 1. The summed E-state index contributed by atoms with van der Waals surface area (Å²) in [4.78, 5) is 4.62. The lowest BCUT2D eigenvalue weighted by Crippen LogP contribution is -2.00. The van der Waals surface area contributed by atoms with Gasteiger partial charge in [0.05, 0.1) is 10.5 Å². The van der Waals surface area contributed by atoms with Gasteiger partial charge in [-0.25, -0.2) is 0 Å². The highest BCUT2D eigenvalue weighted by atomic mass is 35.5. The van der Waals surface area contributed by atoms with Crippen LogP contribution < -0.4 is 4.74 Å². The van der Waals surface area contributed by atoms with Gasteiger partial charge in [0.1, 0.15) is 5.75 Å². The maximum Gasteiger partial charge on any atom is 0.188 e. The van der Waals surface area contributed by atoms with Gasteiger partial charge in [0.25, 0.3) is 0 Å². The first kappa shape index (κ1) is 14.1. The number of aryl methyl sites for hydroxylation is 1. The predicted molar refractivity (Wildman–Crippen MR) is 78.1 cm³/mol. The van der Waals surface area contributed by atoms with E-state index in [1.807, 2.05) is 25.1 Å². The van der Waals surface area contributed by atoms with Crippen molar-refractivity contribution in [3.05, 3.63) is 34.5 Å². The van der Waals surface area contributed by atoms with Crippen LogP contribution in [0.1, 0.15) is 31.0 Å². The minimum absolute atomic E-state index is 0.225. The van der Waals surface area contributed by atoms with E-state index in [-0.39, 0.29) is 6.79 Å². The topological polar surface area (TPSA) is 31.4 Å². The Morgan fingerprint density at radius 2 is 2.05 bits per heavy atom. The zero-order valence-electron chi connectivity index (χ0n) is 11.7. The fourth-order valence-electron chi connectivity index (χ4n) is 2.22. The third kappa shape index (κ3) is 2.82. The largest absolute Gasteiger partial charge is 0.467 e. The molecule has 2 aromatic rings. The van der Waals surface area contributed by atoms with Crippen molar-refractivity contribution in [2.24, 2.45) is 0 Å². The monoisotopic (exact) mass is 279 g/mol. The summed E-state index contributed by atoms with van der Waals surface area (Å²) in [7, 11) is 1.59. The first-order valence-corrected chi connectivity index (χ1v) is 6.64. The van der Waals surface area contributed by atoms with Crippen molar-refractivity contribution in [2.45, 2.75) is 26.7 Å².